The first-order valence-electron chi connectivity index (χ1n) is 9.12. The lowest BCUT2D eigenvalue weighted by atomic mass is 9.97. The summed E-state index contributed by atoms with van der Waals surface area (Å²) in [6, 6.07) is 7.99. The van der Waals surface area contributed by atoms with Crippen molar-refractivity contribution in [3.05, 3.63) is 47.3 Å². The van der Waals surface area contributed by atoms with Crippen LogP contribution in [0.15, 0.2) is 30.5 Å². The van der Waals surface area contributed by atoms with Crippen LogP contribution in [-0.2, 0) is 4.79 Å². The van der Waals surface area contributed by atoms with Gasteiger partial charge in [0.1, 0.15) is 0 Å². The number of aromatic nitrogens is 2. The number of carboxylic acids is 1. The van der Waals surface area contributed by atoms with Gasteiger partial charge in [-0.15, -0.1) is 0 Å². The lowest BCUT2D eigenvalue weighted by Gasteiger charge is -2.35. The van der Waals surface area contributed by atoms with Crippen molar-refractivity contribution in [1.82, 2.24) is 14.7 Å². The Hall–Kier alpha value is -2.63. The van der Waals surface area contributed by atoms with Gasteiger partial charge in [-0.1, -0.05) is 12.1 Å². The summed E-state index contributed by atoms with van der Waals surface area (Å²) in [5.41, 5.74) is 3.47. The quantitative estimate of drug-likeness (QED) is 0.892. The van der Waals surface area contributed by atoms with E-state index in [0.29, 0.717) is 18.5 Å². The average molecular weight is 355 g/mol. The van der Waals surface area contributed by atoms with Gasteiger partial charge in [-0.05, 0) is 57.2 Å². The van der Waals surface area contributed by atoms with E-state index in [-0.39, 0.29) is 18.4 Å². The molecule has 1 amide bonds. The molecule has 0 radical (unpaired) electrons. The van der Waals surface area contributed by atoms with E-state index in [1.54, 1.807) is 10.9 Å². The first-order chi connectivity index (χ1) is 12.5. The van der Waals surface area contributed by atoms with Crippen molar-refractivity contribution in [2.75, 3.05) is 6.54 Å². The Morgan fingerprint density at radius 3 is 2.81 bits per heavy atom. The van der Waals surface area contributed by atoms with Crippen LogP contribution >= 0.6 is 0 Å². The van der Waals surface area contributed by atoms with Crippen molar-refractivity contribution in [2.45, 2.75) is 52.0 Å². The second kappa shape index (κ2) is 7.72. The summed E-state index contributed by atoms with van der Waals surface area (Å²) in [6.07, 6.45) is 5.09. The van der Waals surface area contributed by atoms with E-state index < -0.39 is 5.97 Å². The van der Waals surface area contributed by atoms with Crippen LogP contribution < -0.4 is 0 Å². The highest BCUT2D eigenvalue weighted by molar-refractivity contribution is 5.95. The largest absolute Gasteiger partial charge is 0.481 e. The first kappa shape index (κ1) is 18.2. The number of rotatable bonds is 5. The van der Waals surface area contributed by atoms with E-state index >= 15 is 0 Å². The van der Waals surface area contributed by atoms with E-state index in [0.717, 1.165) is 36.2 Å². The zero-order valence-electron chi connectivity index (χ0n) is 15.3. The second-order valence-electron chi connectivity index (χ2n) is 6.98. The summed E-state index contributed by atoms with van der Waals surface area (Å²) in [6.45, 7) is 4.60. The van der Waals surface area contributed by atoms with Crippen molar-refractivity contribution < 1.29 is 14.7 Å². The molecule has 0 aliphatic carbocycles. The van der Waals surface area contributed by atoms with Gasteiger partial charge in [-0.25, -0.2) is 4.68 Å². The average Bonchev–Trinajstić information content (AvgIpc) is 3.01. The molecule has 1 N–H and O–H groups in total. The molecule has 0 bridgehead atoms. The van der Waals surface area contributed by atoms with Crippen LogP contribution in [-0.4, -0.2) is 44.3 Å². The Labute approximate surface area is 153 Å². The van der Waals surface area contributed by atoms with Crippen LogP contribution in [0, 0.1) is 13.8 Å². The summed E-state index contributed by atoms with van der Waals surface area (Å²) in [4.78, 5) is 25.9. The molecule has 1 aliphatic heterocycles. The molecule has 1 fully saturated rings. The molecule has 1 unspecified atom stereocenters. The number of carboxylic acid groups (broad SMARTS) is 1. The molecule has 1 aliphatic rings. The molecule has 1 saturated heterocycles. The molecule has 1 aromatic heterocycles. The fourth-order valence-electron chi connectivity index (χ4n) is 3.65. The second-order valence-corrected chi connectivity index (χ2v) is 6.98. The number of carbonyl (C=O) groups is 2. The number of aliphatic carboxylic acids is 1. The van der Waals surface area contributed by atoms with Gasteiger partial charge in [-0.3, -0.25) is 9.59 Å². The van der Waals surface area contributed by atoms with Crippen molar-refractivity contribution >= 4 is 11.9 Å². The van der Waals surface area contributed by atoms with Crippen LogP contribution in [0.3, 0.4) is 0 Å². The lowest BCUT2D eigenvalue weighted by molar-refractivity contribution is -0.137. The van der Waals surface area contributed by atoms with Gasteiger partial charge >= 0.3 is 5.97 Å². The highest BCUT2D eigenvalue weighted by Crippen LogP contribution is 2.25. The highest BCUT2D eigenvalue weighted by atomic mass is 16.4. The molecule has 3 rings (SSSR count). The minimum absolute atomic E-state index is 0.00549. The number of aryl methyl sites for hydroxylation is 1. The van der Waals surface area contributed by atoms with Crippen molar-refractivity contribution in [3.8, 4) is 5.69 Å². The number of hydrogen-bond acceptors (Lipinski definition) is 3. The molecule has 1 atom stereocenters. The van der Waals surface area contributed by atoms with Crippen LogP contribution in [0.25, 0.3) is 5.69 Å². The third-order valence-corrected chi connectivity index (χ3v) is 5.07. The highest BCUT2D eigenvalue weighted by Gasteiger charge is 2.29. The van der Waals surface area contributed by atoms with Gasteiger partial charge in [-0.2, -0.15) is 5.10 Å². The van der Waals surface area contributed by atoms with Crippen LogP contribution in [0.1, 0.15) is 53.7 Å². The number of benzene rings is 1. The number of hydrogen-bond donors (Lipinski definition) is 1. The molecular weight excluding hydrogens is 330 g/mol. The fourth-order valence-corrected chi connectivity index (χ4v) is 3.65. The maximum absolute atomic E-state index is 13.1. The van der Waals surface area contributed by atoms with E-state index in [1.807, 2.05) is 43.0 Å². The molecule has 6 heteroatoms. The van der Waals surface area contributed by atoms with E-state index in [4.69, 9.17) is 5.11 Å². The molecule has 2 heterocycles. The Morgan fingerprint density at radius 1 is 1.27 bits per heavy atom. The molecule has 0 spiro atoms. The molecule has 6 nitrogen and oxygen atoms in total. The summed E-state index contributed by atoms with van der Waals surface area (Å²) >= 11 is 0. The molecule has 2 aromatic rings. The predicted molar refractivity (Wildman–Crippen MR) is 98.6 cm³/mol. The molecule has 138 valence electrons. The molecule has 0 saturated carbocycles. The summed E-state index contributed by atoms with van der Waals surface area (Å²) in [5.74, 6) is -0.858. The lowest BCUT2D eigenvalue weighted by Crippen LogP contribution is -2.44. The Morgan fingerprint density at radius 2 is 2.08 bits per heavy atom. The van der Waals surface area contributed by atoms with Crippen LogP contribution in [0.4, 0.5) is 0 Å². The third-order valence-electron chi connectivity index (χ3n) is 5.07. The smallest absolute Gasteiger partial charge is 0.303 e. The Kier molecular flexibility index (Phi) is 5.40. The standard InChI is InChI=1S/C20H25N3O3/c1-14-6-5-8-17(12-14)23-15(2)18(13-21-23)20(26)22-11-4-3-7-16(22)9-10-19(24)25/h5-6,8,12-13,16H,3-4,7,9-11H2,1-2H3,(H,24,25). The van der Waals surface area contributed by atoms with Crippen molar-refractivity contribution in [1.29, 1.82) is 0 Å². The van der Waals surface area contributed by atoms with E-state index in [2.05, 4.69) is 5.10 Å². The number of likely N-dealkylation sites (tertiary alicyclic amines) is 1. The SMILES string of the molecule is Cc1cccc(-n2ncc(C(=O)N3CCCCC3CCC(=O)O)c2C)c1. The number of nitrogens with zero attached hydrogens (tertiary/aromatic N) is 3. The summed E-state index contributed by atoms with van der Waals surface area (Å²) < 4.78 is 1.79. The maximum atomic E-state index is 13.1. The molecule has 1 aromatic carbocycles. The van der Waals surface area contributed by atoms with Gasteiger partial charge in [0.2, 0.25) is 0 Å². The van der Waals surface area contributed by atoms with Gasteiger partial charge < -0.3 is 10.0 Å². The summed E-state index contributed by atoms with van der Waals surface area (Å²) in [7, 11) is 0. The first-order valence-corrected chi connectivity index (χ1v) is 9.12. The van der Waals surface area contributed by atoms with Gasteiger partial charge in [0.05, 0.1) is 23.1 Å². The van der Waals surface area contributed by atoms with Crippen molar-refractivity contribution in [2.24, 2.45) is 0 Å². The minimum Gasteiger partial charge on any atom is -0.481 e. The van der Waals surface area contributed by atoms with E-state index in [9.17, 15) is 9.59 Å². The molecule has 26 heavy (non-hydrogen) atoms. The van der Waals surface area contributed by atoms with Gasteiger partial charge in [0, 0.05) is 19.0 Å². The Balaban J connectivity index is 1.84. The Bertz CT molecular complexity index is 812. The topological polar surface area (TPSA) is 75.4 Å². The van der Waals surface area contributed by atoms with Crippen molar-refractivity contribution in [3.63, 3.8) is 0 Å². The third kappa shape index (κ3) is 3.79. The number of carbonyl (C=O) groups excluding carboxylic acids is 1. The normalized spacial score (nSPS) is 17.3. The number of amides is 1. The fraction of sp³-hybridized carbons (Fsp3) is 0.450. The molecular formula is C20H25N3O3. The van der Waals surface area contributed by atoms with Crippen LogP contribution in [0.2, 0.25) is 0 Å². The predicted octanol–water partition coefficient (Wildman–Crippen LogP) is 3.35. The number of piperidine rings is 1. The van der Waals surface area contributed by atoms with Gasteiger partial charge in [0.25, 0.3) is 5.91 Å². The summed E-state index contributed by atoms with van der Waals surface area (Å²) in [5, 5.41) is 13.4. The zero-order valence-corrected chi connectivity index (χ0v) is 15.3. The van der Waals surface area contributed by atoms with Crippen LogP contribution in [0.5, 0.6) is 0 Å². The maximum Gasteiger partial charge on any atom is 0.303 e. The minimum atomic E-state index is -0.813. The monoisotopic (exact) mass is 355 g/mol. The zero-order chi connectivity index (χ0) is 18.7. The van der Waals surface area contributed by atoms with Gasteiger partial charge in [0.15, 0.2) is 0 Å². The van der Waals surface area contributed by atoms with E-state index in [1.165, 1.54) is 0 Å².